The zero-order valence-electron chi connectivity index (χ0n) is 12.9. The third kappa shape index (κ3) is 4.27. The fraction of sp³-hybridized carbons (Fsp3) is 0.571. The molecular weight excluding hydrogens is 304 g/mol. The third-order valence-corrected chi connectivity index (χ3v) is 4.12. The zero-order valence-corrected chi connectivity index (χ0v) is 13.7. The molecule has 2 heterocycles. The molecule has 1 aromatic heterocycles. The van der Waals surface area contributed by atoms with Gasteiger partial charge in [-0.1, -0.05) is 20.8 Å². The third-order valence-electron chi connectivity index (χ3n) is 3.27. The Bertz CT molecular complexity index is 591. The van der Waals surface area contributed by atoms with Crippen LogP contribution in [0.1, 0.15) is 44.3 Å². The van der Waals surface area contributed by atoms with Gasteiger partial charge in [0.1, 0.15) is 11.0 Å². The van der Waals surface area contributed by atoms with Crippen LogP contribution in [0.4, 0.5) is 4.79 Å². The van der Waals surface area contributed by atoms with Crippen LogP contribution in [-0.2, 0) is 21.5 Å². The summed E-state index contributed by atoms with van der Waals surface area (Å²) in [7, 11) is 0. The summed E-state index contributed by atoms with van der Waals surface area (Å²) in [5.41, 5.74) is 0.958. The lowest BCUT2D eigenvalue weighted by Gasteiger charge is -2.15. The van der Waals surface area contributed by atoms with Gasteiger partial charge < -0.3 is 10.6 Å². The lowest BCUT2D eigenvalue weighted by Crippen LogP contribution is -2.48. The van der Waals surface area contributed by atoms with Gasteiger partial charge >= 0.3 is 6.03 Å². The Kier molecular flexibility index (Phi) is 4.80. The van der Waals surface area contributed by atoms with Crippen molar-refractivity contribution in [1.82, 2.24) is 20.9 Å². The number of amides is 4. The SMILES string of the molecule is CC(C)(C)c1csc(CNC(=O)C2CCC(=O)NC(=O)N2)n1. The number of hydrogen-bond donors (Lipinski definition) is 3. The molecule has 4 amide bonds. The molecule has 120 valence electrons. The molecule has 2 rings (SSSR count). The maximum absolute atomic E-state index is 12.1. The fourth-order valence-corrected chi connectivity index (χ4v) is 2.91. The first-order chi connectivity index (χ1) is 10.3. The molecule has 7 nitrogen and oxygen atoms in total. The molecule has 8 heteroatoms. The van der Waals surface area contributed by atoms with Gasteiger partial charge in [-0.05, 0) is 6.42 Å². The first-order valence-electron chi connectivity index (χ1n) is 7.08. The van der Waals surface area contributed by atoms with E-state index in [9.17, 15) is 14.4 Å². The number of hydrogen-bond acceptors (Lipinski definition) is 5. The standard InChI is InChI=1S/C14H20N4O3S/c1-14(2,3)9-7-22-11(17-9)6-15-12(20)8-4-5-10(19)18-13(21)16-8/h7-8H,4-6H2,1-3H3,(H,15,20)(H2,16,18,19,21). The van der Waals surface area contributed by atoms with Gasteiger partial charge in [0.25, 0.3) is 0 Å². The molecule has 0 spiro atoms. The average Bonchev–Trinajstić information content (AvgIpc) is 2.82. The van der Waals surface area contributed by atoms with Crippen molar-refractivity contribution < 1.29 is 14.4 Å². The summed E-state index contributed by atoms with van der Waals surface area (Å²) in [4.78, 5) is 39.2. The Morgan fingerprint density at radius 3 is 2.82 bits per heavy atom. The van der Waals surface area contributed by atoms with E-state index in [0.29, 0.717) is 6.54 Å². The largest absolute Gasteiger partial charge is 0.348 e. The molecule has 0 aromatic carbocycles. The molecule has 22 heavy (non-hydrogen) atoms. The molecule has 1 aromatic rings. The zero-order chi connectivity index (χ0) is 16.3. The highest BCUT2D eigenvalue weighted by Crippen LogP contribution is 2.23. The molecule has 1 atom stereocenters. The number of carbonyl (C=O) groups excluding carboxylic acids is 3. The van der Waals surface area contributed by atoms with Gasteiger partial charge in [-0.15, -0.1) is 11.3 Å². The number of urea groups is 1. The van der Waals surface area contributed by atoms with Crippen LogP contribution in [0.3, 0.4) is 0 Å². The highest BCUT2D eigenvalue weighted by atomic mass is 32.1. The van der Waals surface area contributed by atoms with Gasteiger partial charge in [0.05, 0.1) is 12.2 Å². The van der Waals surface area contributed by atoms with Crippen LogP contribution in [0.2, 0.25) is 0 Å². The molecular formula is C14H20N4O3S. The van der Waals surface area contributed by atoms with Crippen molar-refractivity contribution >= 4 is 29.2 Å². The quantitative estimate of drug-likeness (QED) is 0.773. The summed E-state index contributed by atoms with van der Waals surface area (Å²) in [5, 5.41) is 10.2. The maximum Gasteiger partial charge on any atom is 0.322 e. The fourth-order valence-electron chi connectivity index (χ4n) is 1.95. The second kappa shape index (κ2) is 6.43. The molecule has 1 saturated heterocycles. The van der Waals surface area contributed by atoms with E-state index >= 15 is 0 Å². The number of nitrogens with zero attached hydrogens (tertiary/aromatic N) is 1. The Morgan fingerprint density at radius 2 is 2.18 bits per heavy atom. The van der Waals surface area contributed by atoms with E-state index in [1.165, 1.54) is 11.3 Å². The van der Waals surface area contributed by atoms with Crippen molar-refractivity contribution in [3.8, 4) is 0 Å². The van der Waals surface area contributed by atoms with Gasteiger partial charge in [-0.3, -0.25) is 14.9 Å². The summed E-state index contributed by atoms with van der Waals surface area (Å²) < 4.78 is 0. The minimum Gasteiger partial charge on any atom is -0.348 e. The molecule has 1 aliphatic rings. The smallest absolute Gasteiger partial charge is 0.322 e. The number of carbonyl (C=O) groups is 3. The van der Waals surface area contributed by atoms with Gasteiger partial charge in [-0.25, -0.2) is 9.78 Å². The van der Waals surface area contributed by atoms with E-state index in [2.05, 4.69) is 41.7 Å². The number of thiazole rings is 1. The van der Waals surface area contributed by atoms with Crippen LogP contribution in [0.5, 0.6) is 0 Å². The first kappa shape index (κ1) is 16.4. The lowest BCUT2D eigenvalue weighted by molar-refractivity contribution is -0.123. The van der Waals surface area contributed by atoms with Crippen LogP contribution in [0, 0.1) is 0 Å². The van der Waals surface area contributed by atoms with Crippen molar-refractivity contribution in [2.75, 3.05) is 0 Å². The molecule has 1 fully saturated rings. The summed E-state index contributed by atoms with van der Waals surface area (Å²) in [6, 6.07) is -1.33. The molecule has 0 bridgehead atoms. The summed E-state index contributed by atoms with van der Waals surface area (Å²) in [5.74, 6) is -0.681. The average molecular weight is 324 g/mol. The highest BCUT2D eigenvalue weighted by Gasteiger charge is 2.26. The Morgan fingerprint density at radius 1 is 1.45 bits per heavy atom. The van der Waals surface area contributed by atoms with Crippen LogP contribution in [0.15, 0.2) is 5.38 Å². The summed E-state index contributed by atoms with van der Waals surface area (Å²) in [6.07, 6.45) is 0.427. The molecule has 0 radical (unpaired) electrons. The van der Waals surface area contributed by atoms with E-state index in [-0.39, 0.29) is 30.1 Å². The van der Waals surface area contributed by atoms with E-state index in [4.69, 9.17) is 0 Å². The van der Waals surface area contributed by atoms with E-state index < -0.39 is 12.1 Å². The van der Waals surface area contributed by atoms with Crippen LogP contribution in [-0.4, -0.2) is 28.9 Å². The van der Waals surface area contributed by atoms with Crippen molar-refractivity contribution in [2.24, 2.45) is 0 Å². The number of rotatable bonds is 3. The van der Waals surface area contributed by atoms with Crippen molar-refractivity contribution in [3.63, 3.8) is 0 Å². The van der Waals surface area contributed by atoms with Crippen molar-refractivity contribution in [3.05, 3.63) is 16.1 Å². The summed E-state index contributed by atoms with van der Waals surface area (Å²) in [6.45, 7) is 6.55. The molecule has 0 aliphatic carbocycles. The Balaban J connectivity index is 1.91. The van der Waals surface area contributed by atoms with E-state index in [1.807, 2.05) is 5.38 Å². The molecule has 3 N–H and O–H groups in total. The number of imide groups is 1. The highest BCUT2D eigenvalue weighted by molar-refractivity contribution is 7.09. The van der Waals surface area contributed by atoms with Crippen LogP contribution < -0.4 is 16.0 Å². The minimum absolute atomic E-state index is 0.0277. The van der Waals surface area contributed by atoms with Crippen LogP contribution >= 0.6 is 11.3 Å². The van der Waals surface area contributed by atoms with Gasteiger partial charge in [0.15, 0.2) is 0 Å². The second-order valence-electron chi connectivity index (χ2n) is 6.21. The van der Waals surface area contributed by atoms with Gasteiger partial charge in [-0.2, -0.15) is 0 Å². The summed E-state index contributed by atoms with van der Waals surface area (Å²) >= 11 is 1.49. The van der Waals surface area contributed by atoms with Crippen molar-refractivity contribution in [1.29, 1.82) is 0 Å². The minimum atomic E-state index is -0.700. The Labute approximate surface area is 132 Å². The number of nitrogens with one attached hydrogen (secondary N) is 3. The van der Waals surface area contributed by atoms with E-state index in [0.717, 1.165) is 10.7 Å². The monoisotopic (exact) mass is 324 g/mol. The molecule has 1 unspecified atom stereocenters. The predicted octanol–water partition coefficient (Wildman–Crippen LogP) is 1.04. The Hall–Kier alpha value is -1.96. The van der Waals surface area contributed by atoms with Gasteiger partial charge in [0, 0.05) is 17.2 Å². The topological polar surface area (TPSA) is 100 Å². The lowest BCUT2D eigenvalue weighted by atomic mass is 9.93. The second-order valence-corrected chi connectivity index (χ2v) is 7.15. The molecule has 0 saturated carbocycles. The number of aromatic nitrogens is 1. The van der Waals surface area contributed by atoms with Gasteiger partial charge in [0.2, 0.25) is 11.8 Å². The predicted molar refractivity (Wildman–Crippen MR) is 82.4 cm³/mol. The van der Waals surface area contributed by atoms with E-state index in [1.54, 1.807) is 0 Å². The van der Waals surface area contributed by atoms with Crippen molar-refractivity contribution in [2.45, 2.75) is 51.6 Å². The van der Waals surface area contributed by atoms with Crippen LogP contribution in [0.25, 0.3) is 0 Å². The normalized spacial score (nSPS) is 19.1. The molecule has 1 aliphatic heterocycles. The maximum atomic E-state index is 12.1. The first-order valence-corrected chi connectivity index (χ1v) is 7.96.